The maximum atomic E-state index is 14.2. The average Bonchev–Trinajstić information content (AvgIpc) is 3.56. The van der Waals surface area contributed by atoms with E-state index in [0.717, 1.165) is 30.2 Å². The Morgan fingerprint density at radius 1 is 0.846 bits per heavy atom. The molecule has 3 heterocycles. The second kappa shape index (κ2) is 9.56. The highest BCUT2D eigenvalue weighted by Crippen LogP contribution is 2.46. The van der Waals surface area contributed by atoms with Gasteiger partial charge < -0.3 is 10.2 Å². The quantitative estimate of drug-likeness (QED) is 0.318. The molecule has 6 nitrogen and oxygen atoms in total. The van der Waals surface area contributed by atoms with Crippen molar-refractivity contribution in [2.45, 2.75) is 19.0 Å². The van der Waals surface area contributed by atoms with Crippen molar-refractivity contribution < 1.29 is 4.79 Å². The van der Waals surface area contributed by atoms with Gasteiger partial charge >= 0.3 is 0 Å². The molecule has 1 atom stereocenters. The molecule has 4 aromatic rings. The van der Waals surface area contributed by atoms with E-state index in [9.17, 15) is 4.79 Å². The predicted octanol–water partition coefficient (Wildman–Crippen LogP) is 6.39. The molecule has 1 aliphatic carbocycles. The summed E-state index contributed by atoms with van der Waals surface area (Å²) in [5.74, 6) is 0.854. The minimum Gasteiger partial charge on any atom is -0.344 e. The van der Waals surface area contributed by atoms with Crippen LogP contribution in [-0.2, 0) is 4.79 Å². The van der Waals surface area contributed by atoms with Crippen LogP contribution < -0.4 is 5.32 Å². The third kappa shape index (κ3) is 3.97. The Bertz CT molecular complexity index is 1590. The second-order valence-corrected chi connectivity index (χ2v) is 11.1. The van der Waals surface area contributed by atoms with E-state index in [-0.39, 0.29) is 11.9 Å². The Kier molecular flexibility index (Phi) is 5.99. The van der Waals surface area contributed by atoms with Gasteiger partial charge in [-0.15, -0.1) is 0 Å². The summed E-state index contributed by atoms with van der Waals surface area (Å²) in [6, 6.07) is 24.6. The first-order valence-corrected chi connectivity index (χ1v) is 13.9. The number of nitrogens with zero attached hydrogens (tertiary/aromatic N) is 4. The predicted molar refractivity (Wildman–Crippen MR) is 155 cm³/mol. The van der Waals surface area contributed by atoms with E-state index in [2.05, 4.69) is 63.8 Å². The number of allylic oxidation sites excluding steroid dienone is 1. The number of benzene rings is 3. The number of amides is 1. The Labute approximate surface area is 237 Å². The topological polar surface area (TPSA) is 53.4 Å². The molecule has 3 aliphatic rings. The first-order valence-electron chi connectivity index (χ1n) is 13.2. The molecule has 3 aromatic carbocycles. The number of aromatic nitrogens is 2. The number of halogens is 2. The summed E-state index contributed by atoms with van der Waals surface area (Å²) < 4.78 is 1.85. The lowest BCUT2D eigenvalue weighted by Crippen LogP contribution is -2.51. The highest BCUT2D eigenvalue weighted by molar-refractivity contribution is 6.42. The lowest BCUT2D eigenvalue weighted by molar-refractivity contribution is -0.129. The maximum absolute atomic E-state index is 14.2. The van der Waals surface area contributed by atoms with Crippen LogP contribution in [0.1, 0.15) is 35.7 Å². The van der Waals surface area contributed by atoms with Gasteiger partial charge in [-0.1, -0.05) is 77.8 Å². The third-order valence-corrected chi connectivity index (χ3v) is 8.90. The number of rotatable bonds is 3. The van der Waals surface area contributed by atoms with Gasteiger partial charge in [0.05, 0.1) is 27.9 Å². The minimum absolute atomic E-state index is 0.0177. The van der Waals surface area contributed by atoms with Gasteiger partial charge in [0.1, 0.15) is 11.9 Å². The van der Waals surface area contributed by atoms with Crippen LogP contribution in [-0.4, -0.2) is 51.7 Å². The molecule has 1 aromatic heterocycles. The van der Waals surface area contributed by atoms with Crippen molar-refractivity contribution >= 4 is 34.9 Å². The van der Waals surface area contributed by atoms with E-state index in [1.165, 1.54) is 22.3 Å². The lowest BCUT2D eigenvalue weighted by Gasteiger charge is -2.40. The zero-order valence-corrected chi connectivity index (χ0v) is 23.0. The molecule has 0 radical (unpaired) electrons. The summed E-state index contributed by atoms with van der Waals surface area (Å²) in [5, 5.41) is 8.86. The largest absolute Gasteiger partial charge is 0.344 e. The van der Waals surface area contributed by atoms with Crippen molar-refractivity contribution in [3.63, 3.8) is 0 Å². The summed E-state index contributed by atoms with van der Waals surface area (Å²) in [7, 11) is 0. The van der Waals surface area contributed by atoms with Crippen LogP contribution in [0.2, 0.25) is 10.0 Å². The Balaban J connectivity index is 1.17. The van der Waals surface area contributed by atoms with Gasteiger partial charge in [0.2, 0.25) is 0 Å². The summed E-state index contributed by atoms with van der Waals surface area (Å²) in [4.78, 5) is 18.7. The Hall–Kier alpha value is -3.58. The van der Waals surface area contributed by atoms with E-state index in [1.807, 2.05) is 34.7 Å². The molecule has 0 bridgehead atoms. The normalized spacial score (nSPS) is 18.9. The molecule has 0 saturated carbocycles. The number of carbonyl (C=O) groups is 1. The number of hydrogen-bond acceptors (Lipinski definition) is 4. The fourth-order valence-corrected chi connectivity index (χ4v) is 6.66. The van der Waals surface area contributed by atoms with Gasteiger partial charge in [-0.2, -0.15) is 5.10 Å². The first kappa shape index (κ1) is 24.5. The van der Waals surface area contributed by atoms with Gasteiger partial charge in [-0.3, -0.25) is 9.69 Å². The smallest absolute Gasteiger partial charge is 0.254 e. The van der Waals surface area contributed by atoms with Crippen molar-refractivity contribution in [1.82, 2.24) is 19.6 Å². The number of fused-ring (bicyclic) bond motifs is 4. The Morgan fingerprint density at radius 3 is 2.18 bits per heavy atom. The molecule has 1 N–H and O–H groups in total. The number of hydrogen-bond donors (Lipinski definition) is 1. The average molecular weight is 556 g/mol. The van der Waals surface area contributed by atoms with Crippen LogP contribution in [0.15, 0.2) is 90.3 Å². The second-order valence-electron chi connectivity index (χ2n) is 10.3. The number of nitrogens with one attached hydrogen (secondary N) is 1. The summed E-state index contributed by atoms with van der Waals surface area (Å²) in [5.41, 5.74) is 7.69. The van der Waals surface area contributed by atoms with E-state index in [1.54, 1.807) is 12.3 Å². The van der Waals surface area contributed by atoms with E-state index in [4.69, 9.17) is 23.2 Å². The zero-order valence-electron chi connectivity index (χ0n) is 21.4. The van der Waals surface area contributed by atoms with Crippen molar-refractivity contribution in [2.75, 3.05) is 31.5 Å². The number of carbonyl (C=O) groups excluding carboxylic acids is 1. The monoisotopic (exact) mass is 555 g/mol. The van der Waals surface area contributed by atoms with Crippen molar-refractivity contribution in [2.24, 2.45) is 0 Å². The summed E-state index contributed by atoms with van der Waals surface area (Å²) >= 11 is 12.6. The SMILES string of the molecule is CC1=C(C(=O)N2CCN(C3c4ccccc4-c4ccccc43)CC2)C(c2ccc(Cl)c(Cl)c2)n2nccc2N1. The van der Waals surface area contributed by atoms with Crippen molar-refractivity contribution in [3.05, 3.63) is 117 Å². The molecule has 1 unspecified atom stereocenters. The van der Waals surface area contributed by atoms with Crippen molar-refractivity contribution in [3.8, 4) is 11.1 Å². The van der Waals surface area contributed by atoms with Crippen LogP contribution in [0.5, 0.6) is 0 Å². The van der Waals surface area contributed by atoms with Crippen LogP contribution in [0, 0.1) is 0 Å². The van der Waals surface area contributed by atoms with Crippen LogP contribution in [0.25, 0.3) is 11.1 Å². The summed E-state index contributed by atoms with van der Waals surface area (Å²) in [6.07, 6.45) is 1.74. The van der Waals surface area contributed by atoms with E-state index in [0.29, 0.717) is 28.7 Å². The number of anilines is 1. The van der Waals surface area contributed by atoms with Crippen LogP contribution in [0.4, 0.5) is 5.82 Å². The standard InChI is InChI=1S/C31H27Cl2N5O/c1-19-28(29(38-27(35-19)12-13-34-38)20-10-11-25(32)26(33)18-20)31(39)37-16-14-36(15-17-37)30-23-8-4-2-6-21(23)22-7-3-5-9-24(22)30/h2-13,18,29-30,35H,14-17H2,1H3. The van der Waals surface area contributed by atoms with Crippen molar-refractivity contribution in [1.29, 1.82) is 0 Å². The zero-order chi connectivity index (χ0) is 26.7. The van der Waals surface area contributed by atoms with Gasteiger partial charge in [0.15, 0.2) is 0 Å². The molecule has 1 fully saturated rings. The molecule has 2 aliphatic heterocycles. The van der Waals surface area contributed by atoms with E-state index >= 15 is 0 Å². The molecule has 7 rings (SSSR count). The highest BCUT2D eigenvalue weighted by atomic mass is 35.5. The Morgan fingerprint density at radius 2 is 1.51 bits per heavy atom. The third-order valence-electron chi connectivity index (χ3n) is 8.17. The fraction of sp³-hybridized carbons (Fsp3) is 0.226. The van der Waals surface area contributed by atoms with Crippen LogP contribution in [0.3, 0.4) is 0 Å². The molecule has 8 heteroatoms. The van der Waals surface area contributed by atoms with Gasteiger partial charge in [-0.05, 0) is 46.9 Å². The van der Waals surface area contributed by atoms with Gasteiger partial charge in [-0.25, -0.2) is 4.68 Å². The lowest BCUT2D eigenvalue weighted by atomic mass is 9.94. The minimum atomic E-state index is -0.398. The molecular formula is C31H27Cl2N5O. The summed E-state index contributed by atoms with van der Waals surface area (Å²) in [6.45, 7) is 4.84. The molecular weight excluding hydrogens is 529 g/mol. The van der Waals surface area contributed by atoms with E-state index < -0.39 is 6.04 Å². The highest BCUT2D eigenvalue weighted by Gasteiger charge is 2.38. The van der Waals surface area contributed by atoms with Gasteiger partial charge in [0, 0.05) is 37.9 Å². The fourth-order valence-electron chi connectivity index (χ4n) is 6.35. The first-order chi connectivity index (χ1) is 19.0. The molecule has 0 spiro atoms. The van der Waals surface area contributed by atoms with Gasteiger partial charge in [0.25, 0.3) is 5.91 Å². The van der Waals surface area contributed by atoms with Crippen LogP contribution >= 0.6 is 23.2 Å². The maximum Gasteiger partial charge on any atom is 0.254 e. The molecule has 1 amide bonds. The molecule has 39 heavy (non-hydrogen) atoms. The molecule has 196 valence electrons. The number of piperazine rings is 1. The molecule has 1 saturated heterocycles.